The van der Waals surface area contributed by atoms with Crippen molar-refractivity contribution < 1.29 is 66.6 Å². The number of carbonyl (C=O) groups excluding carboxylic acids is 5. The van der Waals surface area contributed by atoms with Gasteiger partial charge in [0.05, 0.1) is 42.8 Å². The molecule has 0 aromatic heterocycles. The van der Waals surface area contributed by atoms with Gasteiger partial charge in [0.1, 0.15) is 5.60 Å². The average Bonchev–Trinajstić information content (AvgIpc) is 1.55. The van der Waals surface area contributed by atoms with Crippen LogP contribution in [-0.4, -0.2) is 87.5 Å². The molecule has 14 heteroatoms. The molecule has 14 nitrogen and oxygen atoms in total. The third kappa shape index (κ3) is 13.5. The zero-order chi connectivity index (χ0) is 81.3. The van der Waals surface area contributed by atoms with E-state index in [2.05, 4.69) is 83.1 Å². The van der Waals surface area contributed by atoms with E-state index in [1.54, 1.807) is 0 Å². The summed E-state index contributed by atoms with van der Waals surface area (Å²) >= 11 is 0. The van der Waals surface area contributed by atoms with Crippen molar-refractivity contribution in [2.75, 3.05) is 33.2 Å². The van der Waals surface area contributed by atoms with Crippen LogP contribution in [0.1, 0.15) is 265 Å². The highest BCUT2D eigenvalue weighted by molar-refractivity contribution is 5.76. The lowest BCUT2D eigenvalue weighted by Gasteiger charge is -2.56. The largest absolute Gasteiger partial charge is 0.459 e. The van der Waals surface area contributed by atoms with E-state index in [1.807, 2.05) is 27.7 Å². The summed E-state index contributed by atoms with van der Waals surface area (Å²) in [5.74, 6) is 38.2. The first-order valence-corrected chi connectivity index (χ1v) is 50.6. The second kappa shape index (κ2) is 31.6. The molecule has 1 saturated heterocycles. The molecule has 24 bridgehead atoms. The van der Waals surface area contributed by atoms with Gasteiger partial charge in [0.25, 0.3) is 0 Å². The lowest BCUT2D eigenvalue weighted by molar-refractivity contribution is -0.195. The fourth-order valence-electron chi connectivity index (χ4n) is 39.4. The molecule has 25 fully saturated rings. The Labute approximate surface area is 705 Å². The first-order chi connectivity index (χ1) is 56.2. The van der Waals surface area contributed by atoms with Crippen LogP contribution in [0.25, 0.3) is 0 Å². The van der Waals surface area contributed by atoms with Crippen LogP contribution in [0.2, 0.25) is 0 Å². The minimum absolute atomic E-state index is 0.00961. The number of hydrogen-bond donors (Lipinski definition) is 0. The maximum Gasteiger partial charge on any atom is 0.311 e. The second-order valence-corrected chi connectivity index (χ2v) is 47.7. The molecule has 1 heterocycles. The number of carbonyl (C=O) groups is 5. The summed E-state index contributed by atoms with van der Waals surface area (Å²) < 4.78 is 50.6. The predicted octanol–water partition coefficient (Wildman–Crippen LogP) is 20.6. The molecule has 24 saturated carbocycles. The van der Waals surface area contributed by atoms with Crippen molar-refractivity contribution in [1.29, 1.82) is 0 Å². The Morgan fingerprint density at radius 3 is 0.974 bits per heavy atom. The fourth-order valence-corrected chi connectivity index (χ4v) is 39.4. The molecule has 24 aliphatic carbocycles. The molecule has 0 N–H and O–H groups in total. The fraction of sp³-hybridized carbons (Fsp3) is 0.951. The molecule has 117 heavy (non-hydrogen) atoms. The van der Waals surface area contributed by atoms with Gasteiger partial charge < -0.3 is 42.6 Å². The third-order valence-corrected chi connectivity index (χ3v) is 43.5. The van der Waals surface area contributed by atoms with Crippen LogP contribution in [0.4, 0.5) is 0 Å². The van der Waals surface area contributed by atoms with E-state index >= 15 is 0 Å². The van der Waals surface area contributed by atoms with E-state index in [-0.39, 0.29) is 78.1 Å². The van der Waals surface area contributed by atoms with Gasteiger partial charge in [0.15, 0.2) is 19.4 Å². The van der Waals surface area contributed by atoms with Gasteiger partial charge in [-0.3, -0.25) is 24.0 Å². The molecule has 0 aromatic rings. The van der Waals surface area contributed by atoms with Crippen LogP contribution in [0.3, 0.4) is 0 Å². The van der Waals surface area contributed by atoms with Gasteiger partial charge in [0.2, 0.25) is 6.29 Å². The van der Waals surface area contributed by atoms with Gasteiger partial charge >= 0.3 is 29.8 Å². The van der Waals surface area contributed by atoms with Crippen LogP contribution in [0.5, 0.6) is 0 Å². The predicted molar refractivity (Wildman–Crippen MR) is 446 cm³/mol. The third-order valence-electron chi connectivity index (χ3n) is 43.5. The zero-order valence-electron chi connectivity index (χ0n) is 75.2. The van der Waals surface area contributed by atoms with Crippen LogP contribution < -0.4 is 0 Å². The summed E-state index contributed by atoms with van der Waals surface area (Å²) in [6, 6.07) is 0. The van der Waals surface area contributed by atoms with E-state index in [1.165, 1.54) is 109 Å². The van der Waals surface area contributed by atoms with Gasteiger partial charge in [-0.1, -0.05) is 83.1 Å². The lowest BCUT2D eigenvalue weighted by atomic mass is 9.54. The molecule has 25 aliphatic rings. The molecule has 0 amide bonds. The standard InChI is InChI=1S/C25H36O2.C21H34O3.C20H30O3.C19H30O3.C18H28O3/c1-12-13(2)19-8-18(12)22-17-6-20(23(19)22)21(7-17)24(26)27-25-9-14-3-15(10-25)5-16(4-14)11-25;1-10(2)9-23-13(5)24-21(22)18-7-14-6-17(18)20-16-8-15(19(14)20)11(3)12(16)4;1-10-11(2)14-9-13(10)18-12-7-15(19(14)18)16(8-12)20(21)23-17-5-3-4-6-22-17;1-5-21-11(4)22-19(20)16-7-12-6-15(16)18-14-8-13(17(12)18)9(2)10(14)3;1-4-20-8-21-18(19)15-6-11-5-14(15)17-13-7-12(16(11)17)9(2)10(13)3/h12-23H,3-11H2,1-2H3;10-20H,6-9H2,1-5H3;10-19H,3-9H2,1-2H3;9-18H,5-8H2,1-4H3;9-17H,4-8H2,1-3H3. The van der Waals surface area contributed by atoms with E-state index < -0.39 is 12.6 Å². The Kier molecular flexibility index (Phi) is 22.3. The minimum atomic E-state index is -0.409. The Balaban J connectivity index is 0.0000000944. The first-order valence-electron chi connectivity index (χ1n) is 50.6. The summed E-state index contributed by atoms with van der Waals surface area (Å²) in [5, 5.41) is 0. The summed E-state index contributed by atoms with van der Waals surface area (Å²) in [7, 11) is 0. The molecular formula is C103H158O14. The number of hydrogen-bond acceptors (Lipinski definition) is 14. The Morgan fingerprint density at radius 1 is 0.342 bits per heavy atom. The highest BCUT2D eigenvalue weighted by Gasteiger charge is 2.73. The summed E-state index contributed by atoms with van der Waals surface area (Å²) in [6.07, 6.45) is 29.1. The van der Waals surface area contributed by atoms with Gasteiger partial charge in [-0.15, -0.1) is 0 Å². The van der Waals surface area contributed by atoms with E-state index in [0.717, 1.165) is 276 Å². The Morgan fingerprint density at radius 2 is 0.658 bits per heavy atom. The quantitative estimate of drug-likeness (QED) is 0.0443. The van der Waals surface area contributed by atoms with Crippen molar-refractivity contribution >= 4 is 29.8 Å². The summed E-state index contributed by atoms with van der Waals surface area (Å²) in [5.41, 5.74) is -0.0381. The van der Waals surface area contributed by atoms with Gasteiger partial charge in [-0.05, 0) is 436 Å². The summed E-state index contributed by atoms with van der Waals surface area (Å²) in [6.45, 7) is 39.2. The summed E-state index contributed by atoms with van der Waals surface area (Å²) in [4.78, 5) is 63.8. The maximum atomic E-state index is 13.4. The first kappa shape index (κ1) is 82.5. The molecule has 25 rings (SSSR count). The van der Waals surface area contributed by atoms with Crippen molar-refractivity contribution in [1.82, 2.24) is 0 Å². The molecule has 0 spiro atoms. The van der Waals surface area contributed by atoms with Crippen molar-refractivity contribution in [2.24, 2.45) is 290 Å². The molecule has 1 aliphatic heterocycles. The van der Waals surface area contributed by atoms with E-state index in [9.17, 15) is 24.0 Å². The van der Waals surface area contributed by atoms with Crippen molar-refractivity contribution in [3.05, 3.63) is 0 Å². The number of fused-ring (bicyclic) bond motifs is 45. The van der Waals surface area contributed by atoms with Crippen molar-refractivity contribution in [3.63, 3.8) is 0 Å². The highest BCUT2D eigenvalue weighted by atomic mass is 16.7. The van der Waals surface area contributed by atoms with Crippen LogP contribution in [0, 0.1) is 290 Å². The normalized spacial score (nSPS) is 55.7. The number of ether oxygens (including phenoxy) is 9. The lowest BCUT2D eigenvalue weighted by Crippen LogP contribution is -2.53. The molecule has 48 unspecified atom stereocenters. The van der Waals surface area contributed by atoms with Gasteiger partial charge in [-0.2, -0.15) is 0 Å². The van der Waals surface area contributed by atoms with Crippen LogP contribution in [0.15, 0.2) is 0 Å². The number of rotatable bonds is 17. The molecule has 0 aromatic carbocycles. The van der Waals surface area contributed by atoms with Crippen LogP contribution in [-0.2, 0) is 66.6 Å². The SMILES string of the molecule is CC(C)COC(C)OC(=O)C1CC2CC1C1C3CC(C(C)C3C)C21.CC1C(C)C2CC1C1C3CC(C(=O)OC45CC6CC(CC(C6)C4)C5)C(C3)C21.CC1C(C)C2CC1C1C3CC(C(=O)OC4CCCCO4)C(C3)C21.CCOC(C)OC(=O)C1CC2CC1C1C3CC(C(C)C3C)C21.CCOCOC(=O)C1CC2CC1C1C3CC(C(C)C3C)C21. The maximum absolute atomic E-state index is 13.4. The van der Waals surface area contributed by atoms with Gasteiger partial charge in [-0.25, -0.2) is 0 Å². The van der Waals surface area contributed by atoms with Crippen molar-refractivity contribution in [3.8, 4) is 0 Å². The monoisotopic (exact) mass is 1620 g/mol. The average molecular weight is 1620 g/mol. The Bertz CT molecular complexity index is 3600. The highest BCUT2D eigenvalue weighted by Crippen LogP contribution is 2.77. The number of esters is 5. The minimum Gasteiger partial charge on any atom is -0.459 e. The molecule has 654 valence electrons. The topological polar surface area (TPSA) is 168 Å². The molecule has 0 radical (unpaired) electrons. The van der Waals surface area contributed by atoms with Gasteiger partial charge in [0, 0.05) is 19.6 Å². The molecule has 48 atom stereocenters. The second-order valence-electron chi connectivity index (χ2n) is 47.7. The van der Waals surface area contributed by atoms with E-state index in [4.69, 9.17) is 42.6 Å². The molecular weight excluding hydrogens is 1460 g/mol. The Hall–Kier alpha value is -2.81. The van der Waals surface area contributed by atoms with Crippen molar-refractivity contribution in [2.45, 2.75) is 289 Å². The smallest absolute Gasteiger partial charge is 0.311 e. The van der Waals surface area contributed by atoms with Crippen LogP contribution >= 0.6 is 0 Å². The zero-order valence-corrected chi connectivity index (χ0v) is 75.2. The van der Waals surface area contributed by atoms with E-state index in [0.29, 0.717) is 55.3 Å².